The molecule has 7 nitrogen and oxygen atoms in total. The fourth-order valence-electron chi connectivity index (χ4n) is 5.88. The number of carbonyl (C=O) groups excluding carboxylic acids is 1. The molecule has 0 unspecified atom stereocenters. The second-order valence-corrected chi connectivity index (χ2v) is 11.2. The predicted octanol–water partition coefficient (Wildman–Crippen LogP) is 5.74. The van der Waals surface area contributed by atoms with Crippen molar-refractivity contribution >= 4 is 28.9 Å². The Labute approximate surface area is 247 Å². The van der Waals surface area contributed by atoms with E-state index in [0.717, 1.165) is 86.3 Å². The minimum atomic E-state index is -0.114. The summed E-state index contributed by atoms with van der Waals surface area (Å²) >= 11 is 6.06. The smallest absolute Gasteiger partial charge is 0.274 e. The highest BCUT2D eigenvalue weighted by Gasteiger charge is 2.29. The first-order chi connectivity index (χ1) is 20.2. The van der Waals surface area contributed by atoms with Crippen LogP contribution in [0.5, 0.6) is 0 Å². The Balaban J connectivity index is 1.20. The first-order valence-corrected chi connectivity index (χ1v) is 15.0. The van der Waals surface area contributed by atoms with Crippen LogP contribution in [0.3, 0.4) is 0 Å². The average Bonchev–Trinajstić information content (AvgIpc) is 3.44. The van der Waals surface area contributed by atoms with E-state index in [1.54, 1.807) is 0 Å². The van der Waals surface area contributed by atoms with Crippen molar-refractivity contribution in [3.63, 3.8) is 0 Å². The van der Waals surface area contributed by atoms with Gasteiger partial charge in [-0.1, -0.05) is 60.1 Å². The summed E-state index contributed by atoms with van der Waals surface area (Å²) in [5.41, 5.74) is 5.62. The van der Waals surface area contributed by atoms with Gasteiger partial charge in [0.1, 0.15) is 0 Å². The lowest BCUT2D eigenvalue weighted by Gasteiger charge is -2.36. The molecule has 2 fully saturated rings. The number of carbonyl (C=O) groups is 1. The fourth-order valence-corrected chi connectivity index (χ4v) is 6.01. The number of para-hydroxylation sites is 1. The number of piperidine rings is 1. The predicted molar refractivity (Wildman–Crippen MR) is 168 cm³/mol. The van der Waals surface area contributed by atoms with Gasteiger partial charge in [0.05, 0.1) is 17.1 Å². The number of anilines is 2. The molecule has 8 heteroatoms. The van der Waals surface area contributed by atoms with Gasteiger partial charge in [-0.25, -0.2) is 4.68 Å². The van der Waals surface area contributed by atoms with Crippen LogP contribution in [0.1, 0.15) is 29.8 Å². The third-order valence-electron chi connectivity index (χ3n) is 8.07. The van der Waals surface area contributed by atoms with Crippen molar-refractivity contribution in [3.05, 3.63) is 95.6 Å². The van der Waals surface area contributed by atoms with Crippen molar-refractivity contribution < 1.29 is 4.79 Å². The Morgan fingerprint density at radius 3 is 2.07 bits per heavy atom. The molecule has 0 bridgehead atoms. The van der Waals surface area contributed by atoms with Crippen molar-refractivity contribution in [1.29, 1.82) is 0 Å². The van der Waals surface area contributed by atoms with Crippen LogP contribution < -0.4 is 15.1 Å². The Bertz CT molecular complexity index is 1430. The second kappa shape index (κ2) is 12.8. The number of rotatable bonds is 8. The van der Waals surface area contributed by atoms with Crippen LogP contribution in [0.4, 0.5) is 11.4 Å². The molecule has 0 saturated carbocycles. The van der Waals surface area contributed by atoms with E-state index in [-0.39, 0.29) is 5.91 Å². The molecular formula is C33H37ClN6O. The van der Waals surface area contributed by atoms with Crippen LogP contribution in [0.15, 0.2) is 84.9 Å². The van der Waals surface area contributed by atoms with E-state index in [0.29, 0.717) is 12.2 Å². The molecule has 0 spiro atoms. The number of piperazine rings is 1. The van der Waals surface area contributed by atoms with Crippen molar-refractivity contribution in [3.8, 4) is 16.9 Å². The summed E-state index contributed by atoms with van der Waals surface area (Å²) in [5, 5.41) is 8.95. The average molecular weight is 569 g/mol. The standard InChI is InChI=1S/C33H37ClN6O/c34-27-14-16-28(17-15-27)38-24-22-37(23-25-38)21-18-35-33(41)30-32(39-19-8-3-9-20-39)31(26-10-4-1-5-11-26)40(36-30)29-12-6-2-7-13-29/h1-2,4-7,10-17H,3,8-9,18-25H2,(H,35,41). The monoisotopic (exact) mass is 568 g/mol. The molecule has 6 rings (SSSR count). The first-order valence-electron chi connectivity index (χ1n) is 14.7. The van der Waals surface area contributed by atoms with Crippen molar-refractivity contribution in [1.82, 2.24) is 20.0 Å². The normalized spacial score (nSPS) is 16.1. The number of halogens is 1. The number of hydrogen-bond acceptors (Lipinski definition) is 5. The molecule has 0 radical (unpaired) electrons. The molecule has 1 aromatic heterocycles. The molecule has 0 aliphatic carbocycles. The summed E-state index contributed by atoms with van der Waals surface area (Å²) in [6.07, 6.45) is 3.46. The van der Waals surface area contributed by atoms with Crippen LogP contribution in [0, 0.1) is 0 Å². The second-order valence-electron chi connectivity index (χ2n) is 10.8. The van der Waals surface area contributed by atoms with Gasteiger partial charge in [0.2, 0.25) is 0 Å². The number of nitrogens with zero attached hydrogens (tertiary/aromatic N) is 5. The van der Waals surface area contributed by atoms with Gasteiger partial charge >= 0.3 is 0 Å². The molecule has 1 amide bonds. The van der Waals surface area contributed by atoms with E-state index >= 15 is 0 Å². The maximum absolute atomic E-state index is 13.8. The number of hydrogen-bond donors (Lipinski definition) is 1. The lowest BCUT2D eigenvalue weighted by Crippen LogP contribution is -2.48. The maximum atomic E-state index is 13.8. The quantitative estimate of drug-likeness (QED) is 0.294. The zero-order chi connectivity index (χ0) is 28.0. The molecule has 2 saturated heterocycles. The number of benzene rings is 3. The van der Waals surface area contributed by atoms with Gasteiger partial charge in [0.25, 0.3) is 5.91 Å². The van der Waals surface area contributed by atoms with Crippen molar-refractivity contribution in [2.24, 2.45) is 0 Å². The maximum Gasteiger partial charge on any atom is 0.274 e. The molecule has 2 aliphatic rings. The van der Waals surface area contributed by atoms with Crippen LogP contribution in [-0.2, 0) is 0 Å². The lowest BCUT2D eigenvalue weighted by atomic mass is 10.1. The van der Waals surface area contributed by atoms with Crippen LogP contribution in [-0.4, -0.2) is 72.9 Å². The van der Waals surface area contributed by atoms with Crippen molar-refractivity contribution in [2.75, 3.05) is 62.2 Å². The molecular weight excluding hydrogens is 532 g/mol. The summed E-state index contributed by atoms with van der Waals surface area (Å²) in [7, 11) is 0. The molecule has 3 aromatic carbocycles. The zero-order valence-electron chi connectivity index (χ0n) is 23.4. The van der Waals surface area contributed by atoms with E-state index in [1.807, 2.05) is 65.3 Å². The minimum absolute atomic E-state index is 0.114. The highest BCUT2D eigenvalue weighted by molar-refractivity contribution is 6.30. The van der Waals surface area contributed by atoms with Crippen LogP contribution >= 0.6 is 11.6 Å². The molecule has 41 heavy (non-hydrogen) atoms. The summed E-state index contributed by atoms with van der Waals surface area (Å²) < 4.78 is 1.95. The van der Waals surface area contributed by atoms with Crippen LogP contribution in [0.2, 0.25) is 5.02 Å². The molecule has 0 atom stereocenters. The third-order valence-corrected chi connectivity index (χ3v) is 8.33. The highest BCUT2D eigenvalue weighted by Crippen LogP contribution is 2.37. The van der Waals surface area contributed by atoms with Gasteiger partial charge in [-0.15, -0.1) is 0 Å². The topological polar surface area (TPSA) is 56.6 Å². The number of amides is 1. The van der Waals surface area contributed by atoms with Gasteiger partial charge < -0.3 is 15.1 Å². The van der Waals surface area contributed by atoms with E-state index in [2.05, 4.69) is 44.3 Å². The summed E-state index contributed by atoms with van der Waals surface area (Å²) in [5.74, 6) is -0.114. The Hall–Kier alpha value is -3.81. The lowest BCUT2D eigenvalue weighted by molar-refractivity contribution is 0.0942. The minimum Gasteiger partial charge on any atom is -0.369 e. The SMILES string of the molecule is O=C(NCCN1CCN(c2ccc(Cl)cc2)CC1)c1nn(-c2ccccc2)c(-c2ccccc2)c1N1CCCCC1. The van der Waals surface area contributed by atoms with Crippen molar-refractivity contribution in [2.45, 2.75) is 19.3 Å². The van der Waals surface area contributed by atoms with Gasteiger partial charge in [-0.3, -0.25) is 9.69 Å². The zero-order valence-corrected chi connectivity index (χ0v) is 24.1. The first kappa shape index (κ1) is 27.4. The molecule has 212 valence electrons. The van der Waals surface area contributed by atoms with Gasteiger partial charge in [-0.05, 0) is 55.7 Å². The highest BCUT2D eigenvalue weighted by atomic mass is 35.5. The molecule has 3 heterocycles. The van der Waals surface area contributed by atoms with E-state index in [9.17, 15) is 4.79 Å². The van der Waals surface area contributed by atoms with E-state index in [1.165, 1.54) is 12.1 Å². The third kappa shape index (κ3) is 6.26. The Morgan fingerprint density at radius 2 is 1.39 bits per heavy atom. The summed E-state index contributed by atoms with van der Waals surface area (Å²) in [6.45, 7) is 7.07. The van der Waals surface area contributed by atoms with Gasteiger partial charge in [-0.2, -0.15) is 5.10 Å². The molecule has 2 aliphatic heterocycles. The van der Waals surface area contributed by atoms with Gasteiger partial charge in [0.15, 0.2) is 5.69 Å². The fraction of sp³-hybridized carbons (Fsp3) is 0.333. The van der Waals surface area contributed by atoms with Gasteiger partial charge in [0, 0.05) is 68.6 Å². The molecule has 1 N–H and O–H groups in total. The van der Waals surface area contributed by atoms with E-state index in [4.69, 9.17) is 16.7 Å². The number of nitrogens with one attached hydrogen (secondary N) is 1. The Kier molecular flexibility index (Phi) is 8.54. The molecule has 4 aromatic rings. The largest absolute Gasteiger partial charge is 0.369 e. The van der Waals surface area contributed by atoms with E-state index < -0.39 is 0 Å². The summed E-state index contributed by atoms with van der Waals surface area (Å²) in [4.78, 5) is 21.0. The number of aromatic nitrogens is 2. The van der Waals surface area contributed by atoms with Crippen LogP contribution in [0.25, 0.3) is 16.9 Å². The Morgan fingerprint density at radius 1 is 0.732 bits per heavy atom. The summed E-state index contributed by atoms with van der Waals surface area (Å²) in [6, 6.07) is 28.5.